The molecule has 0 unspecified atom stereocenters. The Bertz CT molecular complexity index is 427. The molecule has 0 radical (unpaired) electrons. The molecule has 0 heterocycles. The third kappa shape index (κ3) is 7.40. The smallest absolute Gasteiger partial charge is 0.441 e. The van der Waals surface area contributed by atoms with E-state index >= 15 is 0 Å². The maximum Gasteiger partial charge on any atom is 0.441 e. The first-order valence-corrected chi connectivity index (χ1v) is 7.91. The Morgan fingerprint density at radius 2 is 2.05 bits per heavy atom. The molecule has 0 saturated carbocycles. The van der Waals surface area contributed by atoms with Crippen LogP contribution in [0.3, 0.4) is 0 Å². The van der Waals surface area contributed by atoms with Crippen LogP contribution in [0.25, 0.3) is 0 Å². The van der Waals surface area contributed by atoms with E-state index in [0.29, 0.717) is 18.3 Å². The van der Waals surface area contributed by atoms with Gasteiger partial charge >= 0.3 is 5.51 Å². The maximum atomic E-state index is 12.0. The van der Waals surface area contributed by atoms with Gasteiger partial charge in [-0.25, -0.2) is 0 Å². The Kier molecular flexibility index (Phi) is 7.19. The van der Waals surface area contributed by atoms with Gasteiger partial charge in [-0.2, -0.15) is 13.2 Å². The molecular weight excluding hydrogens is 355 g/mol. The third-order valence-electron chi connectivity index (χ3n) is 2.34. The Morgan fingerprint density at radius 1 is 1.35 bits per heavy atom. The van der Waals surface area contributed by atoms with Crippen molar-refractivity contribution in [1.82, 2.24) is 5.32 Å². The SMILES string of the molecule is CC(C)NCc1cc(OCCSC(F)(F)F)ccc1Br. The van der Waals surface area contributed by atoms with Gasteiger partial charge in [-0.05, 0) is 35.5 Å². The van der Waals surface area contributed by atoms with Gasteiger partial charge in [-0.1, -0.05) is 29.8 Å². The van der Waals surface area contributed by atoms with Crippen LogP contribution in [0.15, 0.2) is 22.7 Å². The van der Waals surface area contributed by atoms with Crippen LogP contribution in [-0.2, 0) is 6.54 Å². The van der Waals surface area contributed by atoms with Crippen LogP contribution in [0.1, 0.15) is 19.4 Å². The normalized spacial score (nSPS) is 11.9. The van der Waals surface area contributed by atoms with Crippen molar-refractivity contribution in [3.05, 3.63) is 28.2 Å². The zero-order valence-corrected chi connectivity index (χ0v) is 13.7. The first kappa shape index (κ1) is 17.7. The van der Waals surface area contributed by atoms with E-state index in [2.05, 4.69) is 21.2 Å². The van der Waals surface area contributed by atoms with Gasteiger partial charge in [0.1, 0.15) is 5.75 Å². The number of thioether (sulfide) groups is 1. The van der Waals surface area contributed by atoms with Crippen molar-refractivity contribution in [1.29, 1.82) is 0 Å². The molecule has 0 saturated heterocycles. The number of rotatable bonds is 7. The summed E-state index contributed by atoms with van der Waals surface area (Å²) in [5.74, 6) is 0.468. The van der Waals surface area contributed by atoms with E-state index < -0.39 is 5.51 Å². The molecule has 0 bridgehead atoms. The van der Waals surface area contributed by atoms with Gasteiger partial charge in [0, 0.05) is 22.8 Å². The highest BCUT2D eigenvalue weighted by Crippen LogP contribution is 2.30. The lowest BCUT2D eigenvalue weighted by molar-refractivity contribution is -0.0329. The molecule has 0 aliphatic heterocycles. The van der Waals surface area contributed by atoms with Gasteiger partial charge < -0.3 is 10.1 Å². The van der Waals surface area contributed by atoms with Crippen LogP contribution in [0.5, 0.6) is 5.75 Å². The second-order valence-corrected chi connectivity index (χ2v) is 6.45. The number of nitrogens with one attached hydrogen (secondary N) is 1. The topological polar surface area (TPSA) is 21.3 Å². The average molecular weight is 372 g/mol. The molecule has 0 fully saturated rings. The zero-order chi connectivity index (χ0) is 15.2. The van der Waals surface area contributed by atoms with Gasteiger partial charge in [0.25, 0.3) is 0 Å². The summed E-state index contributed by atoms with van der Waals surface area (Å²) in [6.45, 7) is 4.79. The quantitative estimate of drug-likeness (QED) is 0.708. The molecule has 1 aromatic rings. The Morgan fingerprint density at radius 3 is 2.65 bits per heavy atom. The first-order chi connectivity index (χ1) is 9.28. The van der Waals surface area contributed by atoms with Crippen molar-refractivity contribution in [3.8, 4) is 5.75 Å². The molecule has 0 aromatic heterocycles. The summed E-state index contributed by atoms with van der Waals surface area (Å²) in [5.41, 5.74) is -3.19. The highest BCUT2D eigenvalue weighted by molar-refractivity contribution is 9.10. The van der Waals surface area contributed by atoms with E-state index in [-0.39, 0.29) is 24.1 Å². The minimum absolute atomic E-state index is 0.0306. The Hall–Kier alpha value is -0.400. The molecule has 0 aliphatic carbocycles. The van der Waals surface area contributed by atoms with E-state index in [1.807, 2.05) is 26.0 Å². The minimum Gasteiger partial charge on any atom is -0.493 e. The second-order valence-electron chi connectivity index (χ2n) is 4.43. The molecule has 0 amide bonds. The van der Waals surface area contributed by atoms with Gasteiger partial charge in [-0.3, -0.25) is 0 Å². The van der Waals surface area contributed by atoms with Crippen LogP contribution in [0.2, 0.25) is 0 Å². The molecule has 0 atom stereocenters. The predicted molar refractivity (Wildman–Crippen MR) is 80.1 cm³/mol. The molecule has 7 heteroatoms. The van der Waals surface area contributed by atoms with E-state index in [1.165, 1.54) is 0 Å². The minimum atomic E-state index is -4.20. The van der Waals surface area contributed by atoms with Gasteiger partial charge in [-0.15, -0.1) is 0 Å². The standard InChI is InChI=1S/C13H17BrF3NOS/c1-9(2)18-8-10-7-11(3-4-12(10)14)19-5-6-20-13(15,16)17/h3-4,7,9,18H,5-6,8H2,1-2H3. The van der Waals surface area contributed by atoms with Gasteiger partial charge in [0.05, 0.1) is 6.61 Å². The van der Waals surface area contributed by atoms with Crippen LogP contribution >= 0.6 is 27.7 Å². The number of alkyl halides is 3. The highest BCUT2D eigenvalue weighted by Gasteiger charge is 2.27. The van der Waals surface area contributed by atoms with Crippen molar-refractivity contribution in [2.45, 2.75) is 31.9 Å². The number of halogens is 4. The number of hydrogen-bond donors (Lipinski definition) is 1. The Balaban J connectivity index is 2.48. The lowest BCUT2D eigenvalue weighted by Crippen LogP contribution is -2.22. The number of benzene rings is 1. The highest BCUT2D eigenvalue weighted by atomic mass is 79.9. The van der Waals surface area contributed by atoms with Gasteiger partial charge in [0.15, 0.2) is 0 Å². The first-order valence-electron chi connectivity index (χ1n) is 6.13. The second kappa shape index (κ2) is 8.14. The average Bonchev–Trinajstić information content (AvgIpc) is 2.33. The molecule has 1 N–H and O–H groups in total. The van der Waals surface area contributed by atoms with Gasteiger partial charge in [0.2, 0.25) is 0 Å². The molecular formula is C13H17BrF3NOS. The van der Waals surface area contributed by atoms with Crippen LogP contribution in [0.4, 0.5) is 13.2 Å². The largest absolute Gasteiger partial charge is 0.493 e. The van der Waals surface area contributed by atoms with Crippen molar-refractivity contribution < 1.29 is 17.9 Å². The summed E-state index contributed by atoms with van der Waals surface area (Å²) in [5, 5.41) is 3.28. The fourth-order valence-corrected chi connectivity index (χ4v) is 2.19. The van der Waals surface area contributed by atoms with E-state index in [4.69, 9.17) is 4.74 Å². The Labute approximate surface area is 129 Å². The summed E-state index contributed by atoms with van der Waals surface area (Å²) < 4.78 is 42.2. The van der Waals surface area contributed by atoms with Crippen molar-refractivity contribution in [2.24, 2.45) is 0 Å². The van der Waals surface area contributed by atoms with Crippen LogP contribution < -0.4 is 10.1 Å². The lowest BCUT2D eigenvalue weighted by atomic mass is 10.2. The van der Waals surface area contributed by atoms with E-state index in [0.717, 1.165) is 10.0 Å². The molecule has 20 heavy (non-hydrogen) atoms. The van der Waals surface area contributed by atoms with Crippen LogP contribution in [-0.4, -0.2) is 23.9 Å². The molecule has 0 spiro atoms. The molecule has 0 aliphatic rings. The molecule has 2 nitrogen and oxygen atoms in total. The van der Waals surface area contributed by atoms with Crippen molar-refractivity contribution in [3.63, 3.8) is 0 Å². The number of ether oxygens (including phenoxy) is 1. The molecule has 1 aromatic carbocycles. The summed E-state index contributed by atoms with van der Waals surface area (Å²) in [6, 6.07) is 5.76. The van der Waals surface area contributed by atoms with E-state index in [9.17, 15) is 13.2 Å². The molecule has 114 valence electrons. The fraction of sp³-hybridized carbons (Fsp3) is 0.538. The maximum absolute atomic E-state index is 12.0. The number of hydrogen-bond acceptors (Lipinski definition) is 3. The van der Waals surface area contributed by atoms with E-state index in [1.54, 1.807) is 6.07 Å². The summed E-state index contributed by atoms with van der Waals surface area (Å²) >= 11 is 3.37. The summed E-state index contributed by atoms with van der Waals surface area (Å²) in [6.07, 6.45) is 0. The summed E-state index contributed by atoms with van der Waals surface area (Å²) in [7, 11) is 0. The zero-order valence-electron chi connectivity index (χ0n) is 11.3. The fourth-order valence-electron chi connectivity index (χ4n) is 1.41. The third-order valence-corrected chi connectivity index (χ3v) is 3.81. The van der Waals surface area contributed by atoms with Crippen molar-refractivity contribution in [2.75, 3.05) is 12.4 Å². The monoisotopic (exact) mass is 371 g/mol. The lowest BCUT2D eigenvalue weighted by Gasteiger charge is -2.12. The van der Waals surface area contributed by atoms with Crippen molar-refractivity contribution >= 4 is 27.7 Å². The molecule has 1 rings (SSSR count). The predicted octanol–water partition coefficient (Wildman–Crippen LogP) is 4.58. The van der Waals surface area contributed by atoms with Crippen LogP contribution in [0, 0.1) is 0 Å². The summed E-state index contributed by atoms with van der Waals surface area (Å²) in [4.78, 5) is 0.